The molecule has 1 aliphatic heterocycles. The summed E-state index contributed by atoms with van der Waals surface area (Å²) in [6.07, 6.45) is 3.65. The van der Waals surface area contributed by atoms with E-state index >= 15 is 0 Å². The highest BCUT2D eigenvalue weighted by molar-refractivity contribution is 8.18. The molecule has 7 heteroatoms. The van der Waals surface area contributed by atoms with E-state index in [4.69, 9.17) is 14.1 Å². The quantitative estimate of drug-likeness (QED) is 0.256. The number of hydrogen-bond acceptors (Lipinski definition) is 6. The number of unbranched alkanes of at least 4 members (excludes halogenated alkanes) is 1. The molecule has 35 heavy (non-hydrogen) atoms. The lowest BCUT2D eigenvalue weighted by atomic mass is 10.1. The molecule has 180 valence electrons. The first-order chi connectivity index (χ1) is 17.0. The number of thioether (sulfide) groups is 1. The number of nitrogens with zero attached hydrogens (tertiary/aromatic N) is 2. The van der Waals surface area contributed by atoms with Gasteiger partial charge in [-0.2, -0.15) is 0 Å². The molecule has 0 atom stereocenters. The number of benzene rings is 2. The minimum absolute atomic E-state index is 0.0638. The van der Waals surface area contributed by atoms with Crippen LogP contribution in [0.4, 0.5) is 5.69 Å². The summed E-state index contributed by atoms with van der Waals surface area (Å²) in [4.78, 5) is 32.1. The van der Waals surface area contributed by atoms with Gasteiger partial charge < -0.3 is 9.15 Å². The molecule has 1 saturated heterocycles. The molecule has 3 aromatic rings. The summed E-state index contributed by atoms with van der Waals surface area (Å²) in [6, 6.07) is 18.7. The number of ether oxygens (including phenoxy) is 1. The van der Waals surface area contributed by atoms with Gasteiger partial charge >= 0.3 is 5.97 Å². The third-order valence-corrected chi connectivity index (χ3v) is 6.47. The molecule has 0 bridgehead atoms. The predicted octanol–water partition coefficient (Wildman–Crippen LogP) is 6.84. The average Bonchev–Trinajstić information content (AvgIpc) is 3.44. The third kappa shape index (κ3) is 5.92. The Kier molecular flexibility index (Phi) is 7.87. The minimum Gasteiger partial charge on any atom is -0.462 e. The Bertz CT molecular complexity index is 1260. The summed E-state index contributed by atoms with van der Waals surface area (Å²) in [7, 11) is 0. The SMILES string of the molecule is CCCCN1C(=O)/C(=C\c2ccc(-c3ccc(C(=O)OCC)cc3)o2)SC1=Nc1ccc(C)cc1. The molecule has 1 aromatic heterocycles. The van der Waals surface area contributed by atoms with Gasteiger partial charge in [-0.3, -0.25) is 9.69 Å². The van der Waals surface area contributed by atoms with E-state index in [0.717, 1.165) is 29.7 Å². The van der Waals surface area contributed by atoms with Crippen molar-refractivity contribution in [2.24, 2.45) is 4.99 Å². The lowest BCUT2D eigenvalue weighted by Gasteiger charge is -2.14. The first-order valence-electron chi connectivity index (χ1n) is 11.7. The van der Waals surface area contributed by atoms with E-state index < -0.39 is 0 Å². The fourth-order valence-corrected chi connectivity index (χ4v) is 4.54. The largest absolute Gasteiger partial charge is 0.462 e. The molecule has 0 N–H and O–H groups in total. The lowest BCUT2D eigenvalue weighted by molar-refractivity contribution is -0.122. The Labute approximate surface area is 209 Å². The molecular formula is C28H28N2O4S. The van der Waals surface area contributed by atoms with Gasteiger partial charge in [-0.1, -0.05) is 43.2 Å². The summed E-state index contributed by atoms with van der Waals surface area (Å²) in [5.74, 6) is 0.818. The number of amidine groups is 1. The average molecular weight is 489 g/mol. The Balaban J connectivity index is 1.55. The number of carbonyl (C=O) groups is 2. The number of rotatable bonds is 8. The van der Waals surface area contributed by atoms with Crippen LogP contribution in [0.5, 0.6) is 0 Å². The molecule has 2 aromatic carbocycles. The smallest absolute Gasteiger partial charge is 0.338 e. The molecule has 0 spiro atoms. The second-order valence-corrected chi connectivity index (χ2v) is 9.16. The van der Waals surface area contributed by atoms with Gasteiger partial charge in [0.2, 0.25) is 0 Å². The highest BCUT2D eigenvalue weighted by Crippen LogP contribution is 2.35. The molecule has 0 unspecified atom stereocenters. The summed E-state index contributed by atoms with van der Waals surface area (Å²) in [5, 5.41) is 0.680. The van der Waals surface area contributed by atoms with E-state index in [1.165, 1.54) is 11.8 Å². The number of furan rings is 1. The van der Waals surface area contributed by atoms with Gasteiger partial charge in [0.15, 0.2) is 5.17 Å². The van der Waals surface area contributed by atoms with Crippen LogP contribution < -0.4 is 0 Å². The maximum Gasteiger partial charge on any atom is 0.338 e. The van der Waals surface area contributed by atoms with Crippen LogP contribution in [0.1, 0.15) is 48.4 Å². The number of amides is 1. The second-order valence-electron chi connectivity index (χ2n) is 8.15. The van der Waals surface area contributed by atoms with Crippen LogP contribution in [-0.2, 0) is 9.53 Å². The molecule has 1 aliphatic rings. The van der Waals surface area contributed by atoms with E-state index in [2.05, 4.69) is 6.92 Å². The molecule has 0 saturated carbocycles. The van der Waals surface area contributed by atoms with Crippen LogP contribution in [0, 0.1) is 6.92 Å². The monoisotopic (exact) mass is 488 g/mol. The van der Waals surface area contributed by atoms with E-state index in [9.17, 15) is 9.59 Å². The first kappa shape index (κ1) is 24.5. The standard InChI is InChI=1S/C28H28N2O4S/c1-4-6-17-30-26(31)25(35-28(30)29-22-13-7-19(3)8-14-22)18-23-15-16-24(34-23)20-9-11-21(12-10-20)27(32)33-5-2/h7-16,18H,4-6,17H2,1-3H3/b25-18+,29-28?. The fourth-order valence-electron chi connectivity index (χ4n) is 3.53. The van der Waals surface area contributed by atoms with Crippen molar-refractivity contribution in [1.29, 1.82) is 0 Å². The first-order valence-corrected chi connectivity index (χ1v) is 12.5. The summed E-state index contributed by atoms with van der Waals surface area (Å²) >= 11 is 1.36. The normalized spacial score (nSPS) is 15.9. The zero-order chi connectivity index (χ0) is 24.8. The molecule has 1 amide bonds. The van der Waals surface area contributed by atoms with Crippen molar-refractivity contribution < 1.29 is 18.7 Å². The highest BCUT2D eigenvalue weighted by Gasteiger charge is 2.33. The van der Waals surface area contributed by atoms with Crippen LogP contribution in [0.3, 0.4) is 0 Å². The van der Waals surface area contributed by atoms with Crippen molar-refractivity contribution in [1.82, 2.24) is 4.90 Å². The van der Waals surface area contributed by atoms with Gasteiger partial charge in [-0.05, 0) is 68.4 Å². The van der Waals surface area contributed by atoms with Crippen molar-refractivity contribution in [2.75, 3.05) is 13.2 Å². The number of aliphatic imine (C=N–C) groups is 1. The van der Waals surface area contributed by atoms with Crippen LogP contribution >= 0.6 is 11.8 Å². The minimum atomic E-state index is -0.351. The molecule has 6 nitrogen and oxygen atoms in total. The van der Waals surface area contributed by atoms with Gasteiger partial charge in [0, 0.05) is 18.2 Å². The fraction of sp³-hybridized carbons (Fsp3) is 0.250. The molecule has 0 radical (unpaired) electrons. The van der Waals surface area contributed by atoms with Crippen LogP contribution in [0.25, 0.3) is 17.4 Å². The van der Waals surface area contributed by atoms with E-state index in [1.807, 2.05) is 55.5 Å². The molecular weight excluding hydrogens is 460 g/mol. The van der Waals surface area contributed by atoms with Gasteiger partial charge in [-0.25, -0.2) is 9.79 Å². The zero-order valence-electron chi connectivity index (χ0n) is 20.1. The summed E-state index contributed by atoms with van der Waals surface area (Å²) in [5.41, 5.74) is 3.31. The van der Waals surface area contributed by atoms with Crippen LogP contribution in [0.2, 0.25) is 0 Å². The van der Waals surface area contributed by atoms with Crippen molar-refractivity contribution >= 4 is 40.6 Å². The summed E-state index contributed by atoms with van der Waals surface area (Å²) in [6.45, 7) is 6.87. The third-order valence-electron chi connectivity index (χ3n) is 5.46. The number of esters is 1. The second kappa shape index (κ2) is 11.2. The molecule has 2 heterocycles. The van der Waals surface area contributed by atoms with Gasteiger partial charge in [0.25, 0.3) is 5.91 Å². The topological polar surface area (TPSA) is 72.1 Å². The Hall–Kier alpha value is -3.58. The van der Waals surface area contributed by atoms with Crippen molar-refractivity contribution in [2.45, 2.75) is 33.6 Å². The van der Waals surface area contributed by atoms with Crippen molar-refractivity contribution in [3.8, 4) is 11.3 Å². The Morgan fingerprint density at radius 1 is 1.06 bits per heavy atom. The zero-order valence-corrected chi connectivity index (χ0v) is 20.9. The maximum atomic E-state index is 13.2. The number of carbonyl (C=O) groups excluding carboxylic acids is 2. The van der Waals surface area contributed by atoms with Gasteiger partial charge in [0.1, 0.15) is 11.5 Å². The number of aryl methyl sites for hydroxylation is 1. The van der Waals surface area contributed by atoms with E-state index in [0.29, 0.717) is 40.3 Å². The van der Waals surface area contributed by atoms with Gasteiger partial charge in [-0.15, -0.1) is 0 Å². The van der Waals surface area contributed by atoms with Crippen molar-refractivity contribution in [3.63, 3.8) is 0 Å². The van der Waals surface area contributed by atoms with Crippen LogP contribution in [-0.4, -0.2) is 35.1 Å². The number of hydrogen-bond donors (Lipinski definition) is 0. The lowest BCUT2D eigenvalue weighted by Crippen LogP contribution is -2.30. The molecule has 0 aliphatic carbocycles. The predicted molar refractivity (Wildman–Crippen MR) is 141 cm³/mol. The van der Waals surface area contributed by atoms with Crippen LogP contribution in [0.15, 0.2) is 75.0 Å². The van der Waals surface area contributed by atoms with Gasteiger partial charge in [0.05, 0.1) is 22.8 Å². The van der Waals surface area contributed by atoms with E-state index in [1.54, 1.807) is 30.0 Å². The maximum absolute atomic E-state index is 13.2. The highest BCUT2D eigenvalue weighted by atomic mass is 32.2. The molecule has 4 rings (SSSR count). The summed E-state index contributed by atoms with van der Waals surface area (Å²) < 4.78 is 11.0. The Morgan fingerprint density at radius 2 is 1.80 bits per heavy atom. The van der Waals surface area contributed by atoms with Crippen molar-refractivity contribution in [3.05, 3.63) is 82.5 Å². The van der Waals surface area contributed by atoms with E-state index in [-0.39, 0.29) is 11.9 Å². The molecule has 1 fully saturated rings. The Morgan fingerprint density at radius 3 is 2.49 bits per heavy atom.